The minimum absolute atomic E-state index is 0.237. The maximum atomic E-state index is 13.8. The highest BCUT2D eigenvalue weighted by molar-refractivity contribution is 6.30. The molecule has 1 aliphatic heterocycles. The topological polar surface area (TPSA) is 66.8 Å². The van der Waals surface area contributed by atoms with Crippen molar-refractivity contribution in [3.8, 4) is 0 Å². The molecule has 1 saturated heterocycles. The fourth-order valence-corrected chi connectivity index (χ4v) is 4.68. The monoisotopic (exact) mass is 495 g/mol. The van der Waals surface area contributed by atoms with E-state index in [4.69, 9.17) is 27.9 Å². The van der Waals surface area contributed by atoms with Gasteiger partial charge >= 0.3 is 5.97 Å². The molecule has 34 heavy (non-hydrogen) atoms. The maximum Gasteiger partial charge on any atom is 0.331 e. The minimum Gasteiger partial charge on any atom is -0.479 e. The molecular formula is C27H23Cl2NO4. The van der Waals surface area contributed by atoms with Gasteiger partial charge in [0.1, 0.15) is 12.2 Å². The first kappa shape index (κ1) is 24.0. The number of benzene rings is 3. The number of rotatable bonds is 7. The van der Waals surface area contributed by atoms with Gasteiger partial charge in [0.05, 0.1) is 6.04 Å². The predicted molar refractivity (Wildman–Crippen MR) is 132 cm³/mol. The number of hydrogen-bond donors (Lipinski definition) is 1. The zero-order valence-electron chi connectivity index (χ0n) is 18.2. The summed E-state index contributed by atoms with van der Waals surface area (Å²) in [4.78, 5) is 27.8. The van der Waals surface area contributed by atoms with E-state index in [0.717, 1.165) is 5.56 Å². The number of carboxylic acid groups (broad SMARTS) is 1. The molecule has 0 saturated carbocycles. The van der Waals surface area contributed by atoms with Crippen molar-refractivity contribution in [3.05, 3.63) is 118 Å². The smallest absolute Gasteiger partial charge is 0.331 e. The molecule has 1 heterocycles. The molecule has 0 unspecified atom stereocenters. The first-order valence-electron chi connectivity index (χ1n) is 10.8. The molecule has 4 rings (SSSR count). The number of amides is 1. The van der Waals surface area contributed by atoms with Gasteiger partial charge < -0.3 is 14.7 Å². The lowest BCUT2D eigenvalue weighted by Crippen LogP contribution is -2.53. The summed E-state index contributed by atoms with van der Waals surface area (Å²) < 4.78 is 6.33. The Balaban J connectivity index is 1.94. The van der Waals surface area contributed by atoms with Crippen molar-refractivity contribution in [2.75, 3.05) is 0 Å². The first-order chi connectivity index (χ1) is 16.4. The molecule has 0 bridgehead atoms. The second-order valence-corrected chi connectivity index (χ2v) is 8.89. The summed E-state index contributed by atoms with van der Waals surface area (Å²) in [6.45, 7) is 3.75. The Morgan fingerprint density at radius 1 is 1.00 bits per heavy atom. The Kier molecular flexibility index (Phi) is 7.37. The Labute approximate surface area is 208 Å². The van der Waals surface area contributed by atoms with Gasteiger partial charge in [-0.1, -0.05) is 83.9 Å². The summed E-state index contributed by atoms with van der Waals surface area (Å²) in [6.07, 6.45) is 0.265. The van der Waals surface area contributed by atoms with E-state index in [1.54, 1.807) is 78.9 Å². The SMILES string of the molecule is C=CC[C@@H]1O[C@@H](c2cccc(Cl)c2)[C@@H](c2ccc(Cl)cc2)N([C@H](C(=O)O)c2ccccc2)C1=O. The van der Waals surface area contributed by atoms with Crippen LogP contribution in [0.25, 0.3) is 0 Å². The molecule has 1 N–H and O–H groups in total. The van der Waals surface area contributed by atoms with Crippen LogP contribution in [0.4, 0.5) is 0 Å². The van der Waals surface area contributed by atoms with Crippen LogP contribution >= 0.6 is 23.2 Å². The third kappa shape index (κ3) is 4.87. The summed E-state index contributed by atoms with van der Waals surface area (Å²) >= 11 is 12.4. The lowest BCUT2D eigenvalue weighted by atomic mass is 9.88. The highest BCUT2D eigenvalue weighted by atomic mass is 35.5. The van der Waals surface area contributed by atoms with Crippen LogP contribution in [0.3, 0.4) is 0 Å². The van der Waals surface area contributed by atoms with E-state index in [1.807, 2.05) is 6.07 Å². The van der Waals surface area contributed by atoms with Crippen LogP contribution < -0.4 is 0 Å². The fourth-order valence-electron chi connectivity index (χ4n) is 4.35. The third-order valence-corrected chi connectivity index (χ3v) is 6.31. The van der Waals surface area contributed by atoms with E-state index in [9.17, 15) is 14.7 Å². The van der Waals surface area contributed by atoms with Crippen LogP contribution in [0, 0.1) is 0 Å². The van der Waals surface area contributed by atoms with E-state index in [-0.39, 0.29) is 6.42 Å². The lowest BCUT2D eigenvalue weighted by Gasteiger charge is -2.47. The molecule has 7 heteroatoms. The Morgan fingerprint density at radius 3 is 2.32 bits per heavy atom. The summed E-state index contributed by atoms with van der Waals surface area (Å²) in [5, 5.41) is 11.4. The second kappa shape index (κ2) is 10.4. The molecule has 1 aliphatic rings. The van der Waals surface area contributed by atoms with Crippen LogP contribution in [0.5, 0.6) is 0 Å². The molecule has 3 aromatic carbocycles. The first-order valence-corrected chi connectivity index (χ1v) is 11.5. The number of ether oxygens (including phenoxy) is 1. The number of carbonyl (C=O) groups is 2. The third-order valence-electron chi connectivity index (χ3n) is 5.82. The molecule has 0 radical (unpaired) electrons. The van der Waals surface area contributed by atoms with Crippen LogP contribution in [-0.2, 0) is 14.3 Å². The molecule has 174 valence electrons. The quantitative estimate of drug-likeness (QED) is 0.384. The number of carbonyl (C=O) groups excluding carboxylic acids is 1. The number of carboxylic acids is 1. The average molecular weight is 496 g/mol. The van der Waals surface area contributed by atoms with Gasteiger partial charge in [-0.15, -0.1) is 6.58 Å². The normalized spacial score (nSPS) is 21.2. The summed E-state index contributed by atoms with van der Waals surface area (Å²) in [6, 6.07) is 20.9. The van der Waals surface area contributed by atoms with E-state index < -0.39 is 36.2 Å². The summed E-state index contributed by atoms with van der Waals surface area (Å²) in [5.74, 6) is -1.56. The Bertz CT molecular complexity index is 1180. The van der Waals surface area contributed by atoms with Gasteiger partial charge in [0, 0.05) is 16.5 Å². The van der Waals surface area contributed by atoms with Gasteiger partial charge in [0.15, 0.2) is 6.04 Å². The van der Waals surface area contributed by atoms with Gasteiger partial charge in [-0.2, -0.15) is 0 Å². The minimum atomic E-state index is -1.23. The molecule has 5 nitrogen and oxygen atoms in total. The van der Waals surface area contributed by atoms with Crippen molar-refractivity contribution in [3.63, 3.8) is 0 Å². The molecule has 0 aromatic heterocycles. The lowest BCUT2D eigenvalue weighted by molar-refractivity contribution is -0.184. The summed E-state index contributed by atoms with van der Waals surface area (Å²) in [7, 11) is 0. The van der Waals surface area contributed by atoms with Crippen molar-refractivity contribution in [2.24, 2.45) is 0 Å². The Hall–Kier alpha value is -3.12. The van der Waals surface area contributed by atoms with Gasteiger partial charge in [0.25, 0.3) is 5.91 Å². The zero-order chi connectivity index (χ0) is 24.2. The number of nitrogens with zero attached hydrogens (tertiary/aromatic N) is 1. The van der Waals surface area contributed by atoms with Crippen LogP contribution in [0.1, 0.15) is 41.3 Å². The van der Waals surface area contributed by atoms with Crippen molar-refractivity contribution in [1.82, 2.24) is 4.90 Å². The zero-order valence-corrected chi connectivity index (χ0v) is 19.7. The molecule has 3 aromatic rings. The number of morpholine rings is 1. The second-order valence-electron chi connectivity index (χ2n) is 8.02. The molecule has 1 amide bonds. The molecular weight excluding hydrogens is 473 g/mol. The van der Waals surface area contributed by atoms with Gasteiger partial charge in [-0.25, -0.2) is 4.79 Å². The van der Waals surface area contributed by atoms with Crippen LogP contribution in [-0.4, -0.2) is 28.0 Å². The van der Waals surface area contributed by atoms with Gasteiger partial charge in [0.2, 0.25) is 0 Å². The van der Waals surface area contributed by atoms with Crippen molar-refractivity contribution in [2.45, 2.75) is 30.7 Å². The number of halogens is 2. The van der Waals surface area contributed by atoms with Crippen LogP contribution in [0.2, 0.25) is 10.0 Å². The highest BCUT2D eigenvalue weighted by Gasteiger charge is 2.48. The van der Waals surface area contributed by atoms with E-state index in [2.05, 4.69) is 6.58 Å². The van der Waals surface area contributed by atoms with Crippen molar-refractivity contribution >= 4 is 35.1 Å². The standard InChI is InChI=1S/C27H23Cl2NO4/c1-2-7-22-26(31)30(24(27(32)33)17-8-4-3-5-9-17)23(18-12-14-20(28)15-13-18)25(34-22)19-10-6-11-21(29)16-19/h2-6,8-16,22-25H,1,7H2,(H,32,33)/t22-,23+,24-,25-/m0/s1. The predicted octanol–water partition coefficient (Wildman–Crippen LogP) is 6.41. The highest BCUT2D eigenvalue weighted by Crippen LogP contribution is 2.46. The number of aliphatic carboxylic acids is 1. The summed E-state index contributed by atoms with van der Waals surface area (Å²) in [5.41, 5.74) is 1.92. The van der Waals surface area contributed by atoms with E-state index >= 15 is 0 Å². The van der Waals surface area contributed by atoms with E-state index in [0.29, 0.717) is 21.2 Å². The van der Waals surface area contributed by atoms with Crippen molar-refractivity contribution in [1.29, 1.82) is 0 Å². The average Bonchev–Trinajstić information content (AvgIpc) is 2.83. The van der Waals surface area contributed by atoms with Crippen molar-refractivity contribution < 1.29 is 19.4 Å². The van der Waals surface area contributed by atoms with Gasteiger partial charge in [-0.05, 0) is 41.0 Å². The molecule has 0 aliphatic carbocycles. The maximum absolute atomic E-state index is 13.8. The fraction of sp³-hybridized carbons (Fsp3) is 0.185. The molecule has 1 fully saturated rings. The largest absolute Gasteiger partial charge is 0.479 e. The Morgan fingerprint density at radius 2 is 1.71 bits per heavy atom. The molecule has 0 spiro atoms. The van der Waals surface area contributed by atoms with E-state index in [1.165, 1.54) is 4.90 Å². The van der Waals surface area contributed by atoms with Crippen LogP contribution in [0.15, 0.2) is 91.5 Å². The van der Waals surface area contributed by atoms with Gasteiger partial charge in [-0.3, -0.25) is 4.79 Å². The number of hydrogen-bond acceptors (Lipinski definition) is 3. The molecule has 4 atom stereocenters.